The number of hydrogen-bond acceptors (Lipinski definition) is 5. The fraction of sp³-hybridized carbons (Fsp3) is 1.00. The van der Waals surface area contributed by atoms with Crippen LogP contribution >= 0.6 is 0 Å². The normalized spacial score (nSPS) is 29.3. The van der Waals surface area contributed by atoms with Gasteiger partial charge in [0, 0.05) is 39.3 Å². The van der Waals surface area contributed by atoms with Crippen LogP contribution in [0.1, 0.15) is 33.6 Å². The molecule has 2 aliphatic heterocycles. The SMILES string of the molecule is CCS(=O)(=O)N(C)C1CCN(CCN2CC(C)OC(C)C2)CC1. The standard InChI is InChI=1S/C16H33N3O3S/c1-5-23(20,21)17(4)16-6-8-18(9-7-16)10-11-19-12-14(2)22-15(3)13-19/h14-16H,5-13H2,1-4H3. The summed E-state index contributed by atoms with van der Waals surface area (Å²) in [5.74, 6) is 0.192. The number of ether oxygens (including phenoxy) is 1. The molecule has 0 N–H and O–H groups in total. The maximum absolute atomic E-state index is 12.0. The molecule has 2 heterocycles. The number of rotatable bonds is 6. The number of morpholine rings is 1. The quantitative estimate of drug-likeness (QED) is 0.713. The zero-order valence-electron chi connectivity index (χ0n) is 15.1. The number of likely N-dealkylation sites (tertiary alicyclic amines) is 1. The van der Waals surface area contributed by atoms with Gasteiger partial charge in [-0.2, -0.15) is 0 Å². The van der Waals surface area contributed by atoms with Crippen molar-refractivity contribution >= 4 is 10.0 Å². The van der Waals surface area contributed by atoms with E-state index < -0.39 is 10.0 Å². The summed E-state index contributed by atoms with van der Waals surface area (Å²) in [7, 11) is -1.33. The van der Waals surface area contributed by atoms with Gasteiger partial charge in [-0.05, 0) is 46.7 Å². The molecule has 0 aromatic carbocycles. The molecule has 2 unspecified atom stereocenters. The van der Waals surface area contributed by atoms with Gasteiger partial charge < -0.3 is 9.64 Å². The Morgan fingerprint density at radius 2 is 1.57 bits per heavy atom. The van der Waals surface area contributed by atoms with Gasteiger partial charge in [-0.25, -0.2) is 12.7 Å². The summed E-state index contributed by atoms with van der Waals surface area (Å²) in [5, 5.41) is 0. The largest absolute Gasteiger partial charge is 0.373 e. The lowest BCUT2D eigenvalue weighted by molar-refractivity contribution is -0.0697. The second-order valence-corrected chi connectivity index (χ2v) is 9.32. The molecule has 2 atom stereocenters. The van der Waals surface area contributed by atoms with Crippen molar-refractivity contribution in [1.82, 2.24) is 14.1 Å². The van der Waals surface area contributed by atoms with Crippen LogP contribution in [0, 0.1) is 0 Å². The molecule has 0 spiro atoms. The molecule has 0 aromatic heterocycles. The van der Waals surface area contributed by atoms with Crippen LogP contribution in [-0.2, 0) is 14.8 Å². The molecule has 7 heteroatoms. The minimum Gasteiger partial charge on any atom is -0.373 e. The van der Waals surface area contributed by atoms with E-state index in [1.54, 1.807) is 18.3 Å². The summed E-state index contributed by atoms with van der Waals surface area (Å²) < 4.78 is 31.3. The first-order chi connectivity index (χ1) is 10.8. The van der Waals surface area contributed by atoms with Crippen molar-refractivity contribution in [2.45, 2.75) is 51.9 Å². The smallest absolute Gasteiger partial charge is 0.213 e. The highest BCUT2D eigenvalue weighted by atomic mass is 32.2. The predicted octanol–water partition coefficient (Wildman–Crippen LogP) is 0.842. The Bertz CT molecular complexity index is 453. The van der Waals surface area contributed by atoms with Gasteiger partial charge >= 0.3 is 0 Å². The van der Waals surface area contributed by atoms with Crippen LogP contribution in [0.15, 0.2) is 0 Å². The first kappa shape index (κ1) is 19.1. The third-order valence-electron chi connectivity index (χ3n) is 5.10. The average Bonchev–Trinajstić information content (AvgIpc) is 2.52. The van der Waals surface area contributed by atoms with Gasteiger partial charge in [-0.15, -0.1) is 0 Å². The summed E-state index contributed by atoms with van der Waals surface area (Å²) in [6, 6.07) is 0.166. The minimum atomic E-state index is -3.06. The molecule has 2 aliphatic rings. The zero-order chi connectivity index (χ0) is 17.0. The third kappa shape index (κ3) is 5.39. The monoisotopic (exact) mass is 347 g/mol. The van der Waals surface area contributed by atoms with Gasteiger partial charge in [-0.1, -0.05) is 0 Å². The first-order valence-electron chi connectivity index (χ1n) is 8.87. The molecule has 0 aliphatic carbocycles. The molecule has 6 nitrogen and oxygen atoms in total. The first-order valence-corrected chi connectivity index (χ1v) is 10.5. The van der Waals surface area contributed by atoms with Crippen LogP contribution in [0.2, 0.25) is 0 Å². The maximum Gasteiger partial charge on any atom is 0.213 e. The fourth-order valence-electron chi connectivity index (χ4n) is 3.69. The van der Waals surface area contributed by atoms with Gasteiger partial charge in [0.05, 0.1) is 18.0 Å². The van der Waals surface area contributed by atoms with Crippen molar-refractivity contribution in [1.29, 1.82) is 0 Å². The van der Waals surface area contributed by atoms with E-state index in [0.29, 0.717) is 12.2 Å². The Morgan fingerprint density at radius 1 is 1.04 bits per heavy atom. The minimum absolute atomic E-state index is 0.166. The van der Waals surface area contributed by atoms with Crippen molar-refractivity contribution < 1.29 is 13.2 Å². The van der Waals surface area contributed by atoms with Crippen molar-refractivity contribution in [3.8, 4) is 0 Å². The highest BCUT2D eigenvalue weighted by Gasteiger charge is 2.29. The maximum atomic E-state index is 12.0. The molecule has 2 rings (SSSR count). The summed E-state index contributed by atoms with van der Waals surface area (Å²) in [6.07, 6.45) is 2.51. The van der Waals surface area contributed by atoms with E-state index in [2.05, 4.69) is 23.6 Å². The highest BCUT2D eigenvalue weighted by molar-refractivity contribution is 7.89. The topological polar surface area (TPSA) is 53.1 Å². The number of sulfonamides is 1. The number of piperidine rings is 1. The van der Waals surface area contributed by atoms with Crippen molar-refractivity contribution in [2.75, 3.05) is 52.1 Å². The van der Waals surface area contributed by atoms with Gasteiger partial charge in [0.2, 0.25) is 10.0 Å². The van der Waals surface area contributed by atoms with Gasteiger partial charge in [-0.3, -0.25) is 4.90 Å². The molecule has 0 saturated carbocycles. The Morgan fingerprint density at radius 3 is 2.09 bits per heavy atom. The molecular weight excluding hydrogens is 314 g/mol. The van der Waals surface area contributed by atoms with E-state index in [0.717, 1.165) is 52.1 Å². The number of hydrogen-bond donors (Lipinski definition) is 0. The van der Waals surface area contributed by atoms with Crippen molar-refractivity contribution in [3.05, 3.63) is 0 Å². The second kappa shape index (κ2) is 8.25. The van der Waals surface area contributed by atoms with Crippen molar-refractivity contribution in [3.63, 3.8) is 0 Å². The van der Waals surface area contributed by atoms with Gasteiger partial charge in [0.25, 0.3) is 0 Å². The lowest BCUT2D eigenvalue weighted by Crippen LogP contribution is -2.50. The fourth-order valence-corrected chi connectivity index (χ4v) is 4.76. The lowest BCUT2D eigenvalue weighted by Gasteiger charge is -2.39. The van der Waals surface area contributed by atoms with E-state index in [1.807, 2.05) is 0 Å². The number of nitrogens with zero attached hydrogens (tertiary/aromatic N) is 3. The molecule has 2 fully saturated rings. The third-order valence-corrected chi connectivity index (χ3v) is 7.01. The molecule has 2 saturated heterocycles. The molecule has 0 aromatic rings. The summed E-state index contributed by atoms with van der Waals surface area (Å²) in [6.45, 7) is 12.1. The van der Waals surface area contributed by atoms with Gasteiger partial charge in [0.15, 0.2) is 0 Å². The highest BCUT2D eigenvalue weighted by Crippen LogP contribution is 2.18. The van der Waals surface area contributed by atoms with Crippen LogP contribution in [0.25, 0.3) is 0 Å². The lowest BCUT2D eigenvalue weighted by atomic mass is 10.1. The average molecular weight is 348 g/mol. The van der Waals surface area contributed by atoms with E-state index in [9.17, 15) is 8.42 Å². The summed E-state index contributed by atoms with van der Waals surface area (Å²) in [4.78, 5) is 4.95. The Hall–Kier alpha value is -0.210. The van der Waals surface area contributed by atoms with Crippen LogP contribution in [0.5, 0.6) is 0 Å². The van der Waals surface area contributed by atoms with Crippen LogP contribution in [0.3, 0.4) is 0 Å². The summed E-state index contributed by atoms with van der Waals surface area (Å²) in [5.41, 5.74) is 0. The van der Waals surface area contributed by atoms with E-state index >= 15 is 0 Å². The predicted molar refractivity (Wildman–Crippen MR) is 93.1 cm³/mol. The van der Waals surface area contributed by atoms with E-state index in [1.165, 1.54) is 0 Å². The molecular formula is C16H33N3O3S. The molecule has 0 radical (unpaired) electrons. The Balaban J connectivity index is 1.73. The molecule has 23 heavy (non-hydrogen) atoms. The molecule has 0 amide bonds. The van der Waals surface area contributed by atoms with Gasteiger partial charge in [0.1, 0.15) is 0 Å². The molecule has 0 bridgehead atoms. The Kier molecular flexibility index (Phi) is 6.86. The summed E-state index contributed by atoms with van der Waals surface area (Å²) >= 11 is 0. The van der Waals surface area contributed by atoms with E-state index in [4.69, 9.17) is 4.74 Å². The van der Waals surface area contributed by atoms with Crippen molar-refractivity contribution in [2.24, 2.45) is 0 Å². The van der Waals surface area contributed by atoms with E-state index in [-0.39, 0.29) is 11.8 Å². The van der Waals surface area contributed by atoms with Crippen LogP contribution < -0.4 is 0 Å². The zero-order valence-corrected chi connectivity index (χ0v) is 15.9. The molecule has 136 valence electrons. The Labute approximate surface area is 141 Å². The van der Waals surface area contributed by atoms with Crippen LogP contribution in [0.4, 0.5) is 0 Å². The van der Waals surface area contributed by atoms with Crippen LogP contribution in [-0.4, -0.2) is 92.8 Å². The second-order valence-electron chi connectivity index (χ2n) is 7.01.